The maximum absolute atomic E-state index is 12.6. The molecule has 1 aliphatic carbocycles. The SMILES string of the molecule is CCc1ccc(CC(=O)C2CCCc3ccccc32)nc1. The van der Waals surface area contributed by atoms with E-state index in [0.29, 0.717) is 12.2 Å². The Kier molecular flexibility index (Phi) is 4.14. The van der Waals surface area contributed by atoms with Gasteiger partial charge in [-0.05, 0) is 48.4 Å². The van der Waals surface area contributed by atoms with E-state index in [1.807, 2.05) is 18.3 Å². The van der Waals surface area contributed by atoms with Gasteiger partial charge in [0.25, 0.3) is 0 Å². The van der Waals surface area contributed by atoms with Gasteiger partial charge >= 0.3 is 0 Å². The molecule has 1 atom stereocenters. The number of aryl methyl sites for hydroxylation is 2. The fourth-order valence-electron chi connectivity index (χ4n) is 3.16. The predicted octanol–water partition coefficient (Wildman–Crippen LogP) is 3.88. The maximum atomic E-state index is 12.6. The molecule has 1 aromatic heterocycles. The van der Waals surface area contributed by atoms with Crippen LogP contribution in [0.4, 0.5) is 0 Å². The first kappa shape index (κ1) is 14.0. The van der Waals surface area contributed by atoms with Crippen molar-refractivity contribution in [3.8, 4) is 0 Å². The van der Waals surface area contributed by atoms with Crippen LogP contribution in [0.2, 0.25) is 0 Å². The number of hydrogen-bond acceptors (Lipinski definition) is 2. The summed E-state index contributed by atoms with van der Waals surface area (Å²) in [5, 5.41) is 0. The van der Waals surface area contributed by atoms with Crippen LogP contribution < -0.4 is 0 Å². The first-order chi connectivity index (χ1) is 10.3. The summed E-state index contributed by atoms with van der Waals surface area (Å²) in [4.78, 5) is 17.1. The number of ketones is 1. The number of fused-ring (bicyclic) bond motifs is 1. The van der Waals surface area contributed by atoms with Crippen molar-refractivity contribution in [2.24, 2.45) is 0 Å². The lowest BCUT2D eigenvalue weighted by atomic mass is 9.79. The molecule has 2 nitrogen and oxygen atoms in total. The first-order valence-corrected chi connectivity index (χ1v) is 7.82. The number of carbonyl (C=O) groups excluding carboxylic acids is 1. The summed E-state index contributed by atoms with van der Waals surface area (Å²) in [5.41, 5.74) is 4.68. The van der Waals surface area contributed by atoms with Crippen LogP contribution in [0, 0.1) is 0 Å². The number of rotatable bonds is 4. The molecular formula is C19H21NO. The largest absolute Gasteiger partial charge is 0.299 e. The van der Waals surface area contributed by atoms with Gasteiger partial charge in [0.2, 0.25) is 0 Å². The molecule has 1 unspecified atom stereocenters. The van der Waals surface area contributed by atoms with Crippen LogP contribution in [-0.2, 0) is 24.1 Å². The van der Waals surface area contributed by atoms with Crippen LogP contribution in [0.25, 0.3) is 0 Å². The van der Waals surface area contributed by atoms with Crippen LogP contribution in [-0.4, -0.2) is 10.8 Å². The molecule has 1 aromatic carbocycles. The average molecular weight is 279 g/mol. The topological polar surface area (TPSA) is 30.0 Å². The zero-order valence-corrected chi connectivity index (χ0v) is 12.5. The highest BCUT2D eigenvalue weighted by Gasteiger charge is 2.26. The Hall–Kier alpha value is -1.96. The highest BCUT2D eigenvalue weighted by atomic mass is 16.1. The Labute approximate surface area is 126 Å². The van der Waals surface area contributed by atoms with Gasteiger partial charge < -0.3 is 0 Å². The van der Waals surface area contributed by atoms with E-state index in [4.69, 9.17) is 0 Å². The van der Waals surface area contributed by atoms with E-state index >= 15 is 0 Å². The molecule has 0 amide bonds. The molecule has 2 heteroatoms. The summed E-state index contributed by atoms with van der Waals surface area (Å²) in [6.07, 6.45) is 6.50. The third kappa shape index (κ3) is 3.05. The molecule has 2 aromatic rings. The zero-order chi connectivity index (χ0) is 14.7. The van der Waals surface area contributed by atoms with Gasteiger partial charge in [0.05, 0.1) is 0 Å². The standard InChI is InChI=1S/C19H21NO/c1-2-14-10-11-16(20-13-14)12-19(21)18-9-5-7-15-6-3-4-8-17(15)18/h3-4,6,8,10-11,13,18H,2,5,7,9,12H2,1H3. The lowest BCUT2D eigenvalue weighted by molar-refractivity contribution is -0.120. The van der Waals surface area contributed by atoms with Crippen molar-refractivity contribution >= 4 is 5.78 Å². The molecule has 0 saturated carbocycles. The molecular weight excluding hydrogens is 258 g/mol. The number of Topliss-reactive ketones (excluding diaryl/α,β-unsaturated/α-hetero) is 1. The van der Waals surface area contributed by atoms with Crippen molar-refractivity contribution in [2.45, 2.75) is 44.9 Å². The number of benzene rings is 1. The first-order valence-electron chi connectivity index (χ1n) is 7.82. The minimum Gasteiger partial charge on any atom is -0.299 e. The van der Waals surface area contributed by atoms with E-state index in [1.54, 1.807) is 0 Å². The fraction of sp³-hybridized carbons (Fsp3) is 0.368. The lowest BCUT2D eigenvalue weighted by Gasteiger charge is -2.24. The van der Waals surface area contributed by atoms with Gasteiger partial charge in [0.15, 0.2) is 0 Å². The highest BCUT2D eigenvalue weighted by molar-refractivity contribution is 5.88. The summed E-state index contributed by atoms with van der Waals surface area (Å²) in [6, 6.07) is 12.4. The van der Waals surface area contributed by atoms with Crippen LogP contribution in [0.15, 0.2) is 42.6 Å². The van der Waals surface area contributed by atoms with Crippen molar-refractivity contribution in [1.82, 2.24) is 4.98 Å². The van der Waals surface area contributed by atoms with Crippen molar-refractivity contribution in [3.63, 3.8) is 0 Å². The molecule has 0 fully saturated rings. The molecule has 3 rings (SSSR count). The average Bonchev–Trinajstić information content (AvgIpc) is 2.55. The fourth-order valence-corrected chi connectivity index (χ4v) is 3.16. The van der Waals surface area contributed by atoms with E-state index in [-0.39, 0.29) is 5.92 Å². The summed E-state index contributed by atoms with van der Waals surface area (Å²) < 4.78 is 0. The van der Waals surface area contributed by atoms with E-state index in [0.717, 1.165) is 31.4 Å². The van der Waals surface area contributed by atoms with Gasteiger partial charge in [-0.15, -0.1) is 0 Å². The van der Waals surface area contributed by atoms with Crippen molar-refractivity contribution in [2.75, 3.05) is 0 Å². The number of hydrogen-bond donors (Lipinski definition) is 0. The molecule has 0 bridgehead atoms. The van der Waals surface area contributed by atoms with Gasteiger partial charge in [0, 0.05) is 24.2 Å². The van der Waals surface area contributed by atoms with E-state index < -0.39 is 0 Å². The Balaban J connectivity index is 1.76. The second-order valence-electron chi connectivity index (χ2n) is 5.80. The molecule has 0 radical (unpaired) electrons. The Morgan fingerprint density at radius 3 is 2.86 bits per heavy atom. The summed E-state index contributed by atoms with van der Waals surface area (Å²) >= 11 is 0. The van der Waals surface area contributed by atoms with Crippen LogP contribution in [0.5, 0.6) is 0 Å². The van der Waals surface area contributed by atoms with Gasteiger partial charge in [-0.1, -0.05) is 37.3 Å². The van der Waals surface area contributed by atoms with E-state index in [9.17, 15) is 4.79 Å². The molecule has 21 heavy (non-hydrogen) atoms. The Bertz CT molecular complexity index is 630. The minimum atomic E-state index is 0.0580. The normalized spacial score (nSPS) is 17.3. The number of nitrogens with zero attached hydrogens (tertiary/aromatic N) is 1. The van der Waals surface area contributed by atoms with Crippen molar-refractivity contribution in [1.29, 1.82) is 0 Å². The maximum Gasteiger partial charge on any atom is 0.146 e. The number of aromatic nitrogens is 1. The third-order valence-corrected chi connectivity index (χ3v) is 4.41. The molecule has 108 valence electrons. The van der Waals surface area contributed by atoms with Gasteiger partial charge in [-0.25, -0.2) is 0 Å². The molecule has 1 heterocycles. The summed E-state index contributed by atoms with van der Waals surface area (Å²) in [5.74, 6) is 0.363. The summed E-state index contributed by atoms with van der Waals surface area (Å²) in [6.45, 7) is 2.11. The molecule has 0 aliphatic heterocycles. The predicted molar refractivity (Wildman–Crippen MR) is 84.4 cm³/mol. The Morgan fingerprint density at radius 1 is 1.24 bits per heavy atom. The molecule has 0 spiro atoms. The Morgan fingerprint density at radius 2 is 2.10 bits per heavy atom. The second kappa shape index (κ2) is 6.21. The van der Waals surface area contributed by atoms with Crippen LogP contribution in [0.1, 0.15) is 48.1 Å². The molecule has 0 N–H and O–H groups in total. The second-order valence-corrected chi connectivity index (χ2v) is 5.80. The van der Waals surface area contributed by atoms with Crippen LogP contribution in [0.3, 0.4) is 0 Å². The summed E-state index contributed by atoms with van der Waals surface area (Å²) in [7, 11) is 0. The lowest BCUT2D eigenvalue weighted by Crippen LogP contribution is -2.20. The van der Waals surface area contributed by atoms with Gasteiger partial charge in [-0.3, -0.25) is 9.78 Å². The zero-order valence-electron chi connectivity index (χ0n) is 12.5. The minimum absolute atomic E-state index is 0.0580. The van der Waals surface area contributed by atoms with Gasteiger partial charge in [-0.2, -0.15) is 0 Å². The van der Waals surface area contributed by atoms with Crippen LogP contribution >= 0.6 is 0 Å². The molecule has 0 saturated heterocycles. The smallest absolute Gasteiger partial charge is 0.146 e. The van der Waals surface area contributed by atoms with E-state index in [2.05, 4.69) is 36.2 Å². The van der Waals surface area contributed by atoms with Crippen molar-refractivity contribution < 1.29 is 4.79 Å². The van der Waals surface area contributed by atoms with Crippen molar-refractivity contribution in [3.05, 3.63) is 65.0 Å². The highest BCUT2D eigenvalue weighted by Crippen LogP contribution is 2.32. The molecule has 1 aliphatic rings. The van der Waals surface area contributed by atoms with Gasteiger partial charge in [0.1, 0.15) is 5.78 Å². The number of pyridine rings is 1. The monoisotopic (exact) mass is 279 g/mol. The number of carbonyl (C=O) groups is 1. The van der Waals surface area contributed by atoms with E-state index in [1.165, 1.54) is 16.7 Å². The third-order valence-electron chi connectivity index (χ3n) is 4.41. The quantitative estimate of drug-likeness (QED) is 0.850.